The Labute approximate surface area is 109 Å². The van der Waals surface area contributed by atoms with Crippen molar-refractivity contribution in [3.8, 4) is 11.5 Å². The zero-order valence-corrected chi connectivity index (χ0v) is 10.4. The summed E-state index contributed by atoms with van der Waals surface area (Å²) in [5.74, 6) is 0.900. The quantitative estimate of drug-likeness (QED) is 0.845. The van der Waals surface area contributed by atoms with Crippen LogP contribution in [-0.2, 0) is 0 Å². The minimum atomic E-state index is -0.135. The van der Waals surface area contributed by atoms with Crippen LogP contribution in [0.25, 0.3) is 0 Å². The van der Waals surface area contributed by atoms with Crippen LogP contribution in [0.2, 0.25) is 5.02 Å². The number of halogens is 1. The van der Waals surface area contributed by atoms with Gasteiger partial charge < -0.3 is 20.1 Å². The fraction of sp³-hybridized carbons (Fsp3) is 0.417. The number of benzene rings is 1. The Morgan fingerprint density at radius 3 is 3.11 bits per heavy atom. The summed E-state index contributed by atoms with van der Waals surface area (Å²) in [6.07, 6.45) is 0.948. The van der Waals surface area contributed by atoms with E-state index in [1.54, 1.807) is 12.1 Å². The third-order valence-corrected chi connectivity index (χ3v) is 3.37. The monoisotopic (exact) mass is 268 g/mol. The standard InChI is InChI=1S/C12H13ClN2O3/c13-9-3-7(4-10-11(9)18-6-17-10)12(16)15-8-1-2-14-5-8/h3-4,8,14H,1-2,5-6H2,(H,15,16). The van der Waals surface area contributed by atoms with Crippen LogP contribution in [0.3, 0.4) is 0 Å². The van der Waals surface area contributed by atoms with Crippen molar-refractivity contribution in [1.29, 1.82) is 0 Å². The first-order chi connectivity index (χ1) is 8.74. The van der Waals surface area contributed by atoms with E-state index in [9.17, 15) is 4.79 Å². The second-order valence-electron chi connectivity index (χ2n) is 4.36. The Kier molecular flexibility index (Phi) is 3.01. The van der Waals surface area contributed by atoms with Gasteiger partial charge in [0.1, 0.15) is 0 Å². The van der Waals surface area contributed by atoms with Gasteiger partial charge in [-0.3, -0.25) is 4.79 Å². The molecule has 18 heavy (non-hydrogen) atoms. The van der Waals surface area contributed by atoms with Gasteiger partial charge in [0, 0.05) is 18.2 Å². The van der Waals surface area contributed by atoms with Crippen molar-refractivity contribution in [2.24, 2.45) is 0 Å². The fourth-order valence-electron chi connectivity index (χ4n) is 2.15. The average molecular weight is 269 g/mol. The molecule has 0 spiro atoms. The Bertz CT molecular complexity index is 486. The molecule has 0 aliphatic carbocycles. The number of ether oxygens (including phenoxy) is 2. The molecule has 96 valence electrons. The van der Waals surface area contributed by atoms with Gasteiger partial charge in [-0.25, -0.2) is 0 Å². The highest BCUT2D eigenvalue weighted by Gasteiger charge is 2.22. The minimum absolute atomic E-state index is 0.135. The maximum Gasteiger partial charge on any atom is 0.251 e. The molecule has 1 aromatic carbocycles. The fourth-order valence-corrected chi connectivity index (χ4v) is 2.41. The highest BCUT2D eigenvalue weighted by Crippen LogP contribution is 2.39. The van der Waals surface area contributed by atoms with Gasteiger partial charge in [-0.2, -0.15) is 0 Å². The molecule has 0 radical (unpaired) electrons. The van der Waals surface area contributed by atoms with Crippen molar-refractivity contribution in [2.75, 3.05) is 19.9 Å². The molecule has 2 aliphatic rings. The third-order valence-electron chi connectivity index (χ3n) is 3.08. The van der Waals surface area contributed by atoms with E-state index in [-0.39, 0.29) is 18.7 Å². The van der Waals surface area contributed by atoms with Gasteiger partial charge in [0.15, 0.2) is 11.5 Å². The van der Waals surface area contributed by atoms with Crippen molar-refractivity contribution < 1.29 is 14.3 Å². The molecule has 2 aliphatic heterocycles. The molecular formula is C12H13ClN2O3. The second-order valence-corrected chi connectivity index (χ2v) is 4.76. The predicted molar refractivity (Wildman–Crippen MR) is 66.3 cm³/mol. The van der Waals surface area contributed by atoms with E-state index in [4.69, 9.17) is 21.1 Å². The SMILES string of the molecule is O=C(NC1CCNC1)c1cc(Cl)c2c(c1)OCO2. The summed E-state index contributed by atoms with van der Waals surface area (Å²) in [5, 5.41) is 6.56. The number of rotatable bonds is 2. The lowest BCUT2D eigenvalue weighted by Gasteiger charge is -2.11. The number of fused-ring (bicyclic) bond motifs is 1. The van der Waals surface area contributed by atoms with E-state index in [2.05, 4.69) is 10.6 Å². The summed E-state index contributed by atoms with van der Waals surface area (Å²) in [4.78, 5) is 12.1. The Morgan fingerprint density at radius 2 is 2.33 bits per heavy atom. The number of nitrogens with one attached hydrogen (secondary N) is 2. The van der Waals surface area contributed by atoms with E-state index < -0.39 is 0 Å². The van der Waals surface area contributed by atoms with Crippen molar-refractivity contribution in [1.82, 2.24) is 10.6 Å². The first kappa shape index (κ1) is 11.6. The van der Waals surface area contributed by atoms with E-state index in [0.29, 0.717) is 22.1 Å². The topological polar surface area (TPSA) is 59.6 Å². The molecule has 0 saturated carbocycles. The predicted octanol–water partition coefficient (Wildman–Crippen LogP) is 1.16. The van der Waals surface area contributed by atoms with Crippen molar-refractivity contribution >= 4 is 17.5 Å². The first-order valence-corrected chi connectivity index (χ1v) is 6.22. The van der Waals surface area contributed by atoms with Crippen molar-refractivity contribution in [2.45, 2.75) is 12.5 Å². The average Bonchev–Trinajstić information content (AvgIpc) is 2.98. The van der Waals surface area contributed by atoms with Crippen LogP contribution in [-0.4, -0.2) is 31.8 Å². The smallest absolute Gasteiger partial charge is 0.251 e. The molecule has 2 N–H and O–H groups in total. The molecule has 3 rings (SSSR count). The number of carbonyl (C=O) groups excluding carboxylic acids is 1. The van der Waals surface area contributed by atoms with Crippen LogP contribution in [0, 0.1) is 0 Å². The molecule has 6 heteroatoms. The van der Waals surface area contributed by atoms with E-state index in [1.807, 2.05) is 0 Å². The van der Waals surface area contributed by atoms with Crippen molar-refractivity contribution in [3.05, 3.63) is 22.7 Å². The lowest BCUT2D eigenvalue weighted by atomic mass is 10.1. The summed E-state index contributed by atoms with van der Waals surface area (Å²) in [6, 6.07) is 3.44. The normalized spacial score (nSPS) is 21.1. The summed E-state index contributed by atoms with van der Waals surface area (Å²) in [5.41, 5.74) is 0.496. The molecule has 1 unspecified atom stereocenters. The molecule has 1 atom stereocenters. The van der Waals surface area contributed by atoms with Crippen LogP contribution in [0.1, 0.15) is 16.8 Å². The molecule has 1 aromatic rings. The number of amides is 1. The summed E-state index contributed by atoms with van der Waals surface area (Å²) >= 11 is 6.04. The highest BCUT2D eigenvalue weighted by atomic mass is 35.5. The van der Waals surface area contributed by atoms with Gasteiger partial charge in [0.05, 0.1) is 5.02 Å². The van der Waals surface area contributed by atoms with Crippen LogP contribution < -0.4 is 20.1 Å². The zero-order valence-electron chi connectivity index (χ0n) is 9.66. The van der Waals surface area contributed by atoms with Crippen LogP contribution in [0.4, 0.5) is 0 Å². The van der Waals surface area contributed by atoms with Gasteiger partial charge in [-0.1, -0.05) is 11.6 Å². The number of hydrogen-bond acceptors (Lipinski definition) is 4. The summed E-state index contributed by atoms with van der Waals surface area (Å²) in [7, 11) is 0. The Morgan fingerprint density at radius 1 is 1.44 bits per heavy atom. The molecular weight excluding hydrogens is 256 g/mol. The number of carbonyl (C=O) groups is 1. The molecule has 0 aromatic heterocycles. The van der Waals surface area contributed by atoms with Crippen LogP contribution >= 0.6 is 11.6 Å². The highest BCUT2D eigenvalue weighted by molar-refractivity contribution is 6.32. The van der Waals surface area contributed by atoms with Crippen LogP contribution in [0.5, 0.6) is 11.5 Å². The van der Waals surface area contributed by atoms with E-state index in [0.717, 1.165) is 19.5 Å². The summed E-state index contributed by atoms with van der Waals surface area (Å²) < 4.78 is 10.4. The maximum absolute atomic E-state index is 12.1. The largest absolute Gasteiger partial charge is 0.454 e. The van der Waals surface area contributed by atoms with Gasteiger partial charge in [-0.15, -0.1) is 0 Å². The molecule has 1 fully saturated rings. The lowest BCUT2D eigenvalue weighted by molar-refractivity contribution is 0.0939. The lowest BCUT2D eigenvalue weighted by Crippen LogP contribution is -2.36. The van der Waals surface area contributed by atoms with Crippen molar-refractivity contribution in [3.63, 3.8) is 0 Å². The molecule has 5 nitrogen and oxygen atoms in total. The first-order valence-electron chi connectivity index (χ1n) is 5.85. The van der Waals surface area contributed by atoms with Crippen LogP contribution in [0.15, 0.2) is 12.1 Å². The Balaban J connectivity index is 1.79. The van der Waals surface area contributed by atoms with Gasteiger partial charge in [0.25, 0.3) is 5.91 Å². The van der Waals surface area contributed by atoms with Gasteiger partial charge in [-0.05, 0) is 25.1 Å². The minimum Gasteiger partial charge on any atom is -0.454 e. The molecule has 1 saturated heterocycles. The molecule has 0 bridgehead atoms. The van der Waals surface area contributed by atoms with E-state index in [1.165, 1.54) is 0 Å². The van der Waals surface area contributed by atoms with Gasteiger partial charge in [0.2, 0.25) is 6.79 Å². The van der Waals surface area contributed by atoms with E-state index >= 15 is 0 Å². The maximum atomic E-state index is 12.1. The Hall–Kier alpha value is -1.46. The molecule has 1 amide bonds. The zero-order chi connectivity index (χ0) is 12.5. The second kappa shape index (κ2) is 4.66. The number of hydrogen-bond donors (Lipinski definition) is 2. The van der Waals surface area contributed by atoms with Gasteiger partial charge >= 0.3 is 0 Å². The summed E-state index contributed by atoms with van der Waals surface area (Å²) in [6.45, 7) is 1.89. The molecule has 2 heterocycles. The third kappa shape index (κ3) is 2.11.